The fourth-order valence-corrected chi connectivity index (χ4v) is 1.67. The van der Waals surface area contributed by atoms with Crippen LogP contribution in [0.15, 0.2) is 0 Å². The number of carboxylic acids is 1. The number of rotatable bonds is 3. The SMILES string of the molecule is CC[C@@H](NC(=O)N1CC(=O)NC(=O)C1(C)C)C(=O)O. The number of nitrogens with zero attached hydrogens (tertiary/aromatic N) is 1. The van der Waals surface area contributed by atoms with E-state index in [0.29, 0.717) is 0 Å². The first-order valence-corrected chi connectivity index (χ1v) is 5.85. The molecule has 4 amide bonds. The molecule has 0 aromatic rings. The standard InChI is InChI=1S/C11H17N3O5/c1-4-6(8(16)17)12-10(19)14-5-7(15)13-9(18)11(14,2)3/h6H,4-5H2,1-3H3,(H,12,19)(H,16,17)(H,13,15,18)/t6-/m1/s1. The minimum atomic E-state index is -1.21. The molecule has 1 saturated heterocycles. The first-order valence-electron chi connectivity index (χ1n) is 5.85. The van der Waals surface area contributed by atoms with Gasteiger partial charge in [-0.25, -0.2) is 9.59 Å². The Labute approximate surface area is 110 Å². The Morgan fingerprint density at radius 2 is 2.05 bits per heavy atom. The summed E-state index contributed by atoms with van der Waals surface area (Å²) in [4.78, 5) is 46.8. The fourth-order valence-electron chi connectivity index (χ4n) is 1.67. The summed E-state index contributed by atoms with van der Waals surface area (Å²) < 4.78 is 0. The minimum Gasteiger partial charge on any atom is -0.480 e. The number of piperazine rings is 1. The zero-order valence-corrected chi connectivity index (χ0v) is 11.0. The largest absolute Gasteiger partial charge is 0.480 e. The van der Waals surface area contributed by atoms with Crippen molar-refractivity contribution in [2.75, 3.05) is 6.54 Å². The van der Waals surface area contributed by atoms with E-state index < -0.39 is 35.4 Å². The summed E-state index contributed by atoms with van der Waals surface area (Å²) in [5.74, 6) is -2.36. The summed E-state index contributed by atoms with van der Waals surface area (Å²) in [5.41, 5.74) is -1.21. The molecule has 0 aromatic carbocycles. The van der Waals surface area contributed by atoms with Crippen LogP contribution >= 0.6 is 0 Å². The third kappa shape index (κ3) is 3.01. The Morgan fingerprint density at radius 1 is 1.47 bits per heavy atom. The highest BCUT2D eigenvalue weighted by Gasteiger charge is 2.44. The summed E-state index contributed by atoms with van der Waals surface area (Å²) in [6, 6.07) is -1.80. The van der Waals surface area contributed by atoms with Crippen molar-refractivity contribution in [1.29, 1.82) is 0 Å². The predicted molar refractivity (Wildman–Crippen MR) is 64.2 cm³/mol. The molecule has 1 aliphatic heterocycles. The molecule has 0 bridgehead atoms. The molecular weight excluding hydrogens is 254 g/mol. The van der Waals surface area contributed by atoms with Gasteiger partial charge in [0.25, 0.3) is 5.91 Å². The van der Waals surface area contributed by atoms with Crippen molar-refractivity contribution in [3.63, 3.8) is 0 Å². The van der Waals surface area contributed by atoms with E-state index in [-0.39, 0.29) is 13.0 Å². The van der Waals surface area contributed by atoms with Gasteiger partial charge in [-0.05, 0) is 20.3 Å². The van der Waals surface area contributed by atoms with Crippen LogP contribution in [0.3, 0.4) is 0 Å². The molecule has 19 heavy (non-hydrogen) atoms. The summed E-state index contributed by atoms with van der Waals surface area (Å²) in [7, 11) is 0. The van der Waals surface area contributed by atoms with E-state index in [1.54, 1.807) is 6.92 Å². The number of carbonyl (C=O) groups excluding carboxylic acids is 3. The van der Waals surface area contributed by atoms with E-state index in [2.05, 4.69) is 10.6 Å². The number of nitrogens with one attached hydrogen (secondary N) is 2. The first kappa shape index (κ1) is 14.9. The Hall–Kier alpha value is -2.12. The molecule has 8 heteroatoms. The van der Waals surface area contributed by atoms with Gasteiger partial charge in [0.1, 0.15) is 18.1 Å². The lowest BCUT2D eigenvalue weighted by atomic mass is 9.99. The van der Waals surface area contributed by atoms with Gasteiger partial charge in [0.15, 0.2) is 0 Å². The third-order valence-corrected chi connectivity index (χ3v) is 3.03. The molecular formula is C11H17N3O5. The van der Waals surface area contributed by atoms with Gasteiger partial charge in [-0.3, -0.25) is 14.9 Å². The van der Waals surface area contributed by atoms with E-state index in [1.807, 2.05) is 0 Å². The van der Waals surface area contributed by atoms with Gasteiger partial charge in [-0.15, -0.1) is 0 Å². The lowest BCUT2D eigenvalue weighted by Crippen LogP contribution is -2.67. The summed E-state index contributed by atoms with van der Waals surface area (Å²) >= 11 is 0. The molecule has 0 aliphatic carbocycles. The van der Waals surface area contributed by atoms with E-state index >= 15 is 0 Å². The van der Waals surface area contributed by atoms with Gasteiger partial charge in [-0.2, -0.15) is 0 Å². The van der Waals surface area contributed by atoms with Gasteiger partial charge in [0.05, 0.1) is 0 Å². The average molecular weight is 271 g/mol. The first-order chi connectivity index (χ1) is 8.70. The highest BCUT2D eigenvalue weighted by atomic mass is 16.4. The second-order valence-corrected chi connectivity index (χ2v) is 4.77. The molecule has 0 saturated carbocycles. The number of urea groups is 1. The summed E-state index contributed by atoms with van der Waals surface area (Å²) in [6.45, 7) is 4.28. The highest BCUT2D eigenvalue weighted by Crippen LogP contribution is 2.18. The van der Waals surface area contributed by atoms with Gasteiger partial charge >= 0.3 is 12.0 Å². The van der Waals surface area contributed by atoms with E-state index in [1.165, 1.54) is 13.8 Å². The molecule has 106 valence electrons. The Kier molecular flexibility index (Phi) is 4.13. The third-order valence-electron chi connectivity index (χ3n) is 3.03. The van der Waals surface area contributed by atoms with Gasteiger partial charge in [0.2, 0.25) is 5.91 Å². The maximum absolute atomic E-state index is 12.0. The predicted octanol–water partition coefficient (Wildman–Crippen LogP) is -0.704. The van der Waals surface area contributed by atoms with Crippen molar-refractivity contribution >= 4 is 23.8 Å². The van der Waals surface area contributed by atoms with Crippen molar-refractivity contribution < 1.29 is 24.3 Å². The van der Waals surface area contributed by atoms with Crippen molar-refractivity contribution in [2.45, 2.75) is 38.8 Å². The fraction of sp³-hybridized carbons (Fsp3) is 0.636. The molecule has 1 fully saturated rings. The second-order valence-electron chi connectivity index (χ2n) is 4.77. The van der Waals surface area contributed by atoms with Gasteiger partial charge < -0.3 is 15.3 Å². The highest BCUT2D eigenvalue weighted by molar-refractivity contribution is 6.06. The number of hydrogen-bond donors (Lipinski definition) is 3. The maximum atomic E-state index is 12.0. The number of hydrogen-bond acceptors (Lipinski definition) is 4. The van der Waals surface area contributed by atoms with Crippen molar-refractivity contribution in [2.24, 2.45) is 0 Å². The topological polar surface area (TPSA) is 116 Å². The number of carbonyl (C=O) groups is 4. The van der Waals surface area contributed by atoms with Gasteiger partial charge in [-0.1, -0.05) is 6.92 Å². The molecule has 8 nitrogen and oxygen atoms in total. The monoisotopic (exact) mass is 271 g/mol. The van der Waals surface area contributed by atoms with Crippen LogP contribution in [0.1, 0.15) is 27.2 Å². The van der Waals surface area contributed by atoms with Crippen molar-refractivity contribution in [1.82, 2.24) is 15.5 Å². The quantitative estimate of drug-likeness (QED) is 0.587. The number of aliphatic carboxylic acids is 1. The van der Waals surface area contributed by atoms with Crippen LogP contribution in [-0.4, -0.2) is 51.9 Å². The second kappa shape index (κ2) is 5.25. The van der Waals surface area contributed by atoms with Crippen LogP contribution in [0.25, 0.3) is 0 Å². The van der Waals surface area contributed by atoms with Crippen LogP contribution in [-0.2, 0) is 14.4 Å². The molecule has 0 radical (unpaired) electrons. The molecule has 1 rings (SSSR count). The molecule has 0 aromatic heterocycles. The van der Waals surface area contributed by atoms with Gasteiger partial charge in [0, 0.05) is 0 Å². The van der Waals surface area contributed by atoms with Crippen LogP contribution in [0.4, 0.5) is 4.79 Å². The maximum Gasteiger partial charge on any atom is 0.326 e. The molecule has 3 N–H and O–H groups in total. The Morgan fingerprint density at radius 3 is 2.53 bits per heavy atom. The van der Waals surface area contributed by atoms with Crippen molar-refractivity contribution in [3.05, 3.63) is 0 Å². The lowest BCUT2D eigenvalue weighted by Gasteiger charge is -2.40. The zero-order chi connectivity index (χ0) is 14.8. The molecule has 1 heterocycles. The lowest BCUT2D eigenvalue weighted by molar-refractivity contribution is -0.142. The van der Waals surface area contributed by atoms with E-state index in [4.69, 9.17) is 5.11 Å². The summed E-state index contributed by atoms with van der Waals surface area (Å²) in [6.07, 6.45) is 0.204. The molecule has 1 aliphatic rings. The van der Waals surface area contributed by atoms with Crippen LogP contribution < -0.4 is 10.6 Å². The number of amides is 4. The summed E-state index contributed by atoms with van der Waals surface area (Å²) in [5, 5.41) is 13.3. The molecule has 1 atom stereocenters. The molecule has 0 unspecified atom stereocenters. The number of imide groups is 1. The van der Waals surface area contributed by atoms with Crippen LogP contribution in [0.5, 0.6) is 0 Å². The average Bonchev–Trinajstić information content (AvgIpc) is 2.30. The van der Waals surface area contributed by atoms with Crippen molar-refractivity contribution in [3.8, 4) is 0 Å². The smallest absolute Gasteiger partial charge is 0.326 e. The zero-order valence-electron chi connectivity index (χ0n) is 11.0. The normalized spacial score (nSPS) is 19.6. The van der Waals surface area contributed by atoms with Crippen LogP contribution in [0.2, 0.25) is 0 Å². The molecule has 0 spiro atoms. The minimum absolute atomic E-state index is 0.204. The van der Waals surface area contributed by atoms with E-state index in [9.17, 15) is 19.2 Å². The van der Waals surface area contributed by atoms with Crippen LogP contribution in [0, 0.1) is 0 Å². The Balaban J connectivity index is 2.87. The Bertz CT molecular complexity index is 432. The number of carboxylic acid groups (broad SMARTS) is 1. The van der Waals surface area contributed by atoms with E-state index in [0.717, 1.165) is 4.90 Å².